The monoisotopic (exact) mass is 316 g/mol. The fourth-order valence-electron chi connectivity index (χ4n) is 3.40. The fourth-order valence-corrected chi connectivity index (χ4v) is 5.98. The quantitative estimate of drug-likeness (QED) is 0.591. The molecule has 23 heavy (non-hydrogen) atoms. The van der Waals surface area contributed by atoms with E-state index in [0.717, 1.165) is 32.9 Å². The Morgan fingerprint density at radius 3 is 1.83 bits per heavy atom. The minimum absolute atomic E-state index is 0.970. The third kappa shape index (κ3) is 2.20. The maximum absolute atomic E-state index is 13.7. The smallest absolute Gasteiger partial charge is 0.142 e. The first-order chi connectivity index (χ1) is 11.2. The Morgan fingerprint density at radius 2 is 1.17 bits per heavy atom. The lowest BCUT2D eigenvalue weighted by Gasteiger charge is -2.14. The van der Waals surface area contributed by atoms with Crippen molar-refractivity contribution in [3.05, 3.63) is 102 Å². The molecular weight excluding hydrogens is 299 g/mol. The molecule has 1 heterocycles. The summed E-state index contributed by atoms with van der Waals surface area (Å²) < 4.78 is 13.7. The zero-order chi connectivity index (χ0) is 15.9. The van der Waals surface area contributed by atoms with Gasteiger partial charge in [-0.1, -0.05) is 84.9 Å². The van der Waals surface area contributed by atoms with E-state index < -0.39 is 7.14 Å². The summed E-state index contributed by atoms with van der Waals surface area (Å²) in [7, 11) is -2.61. The Morgan fingerprint density at radius 1 is 0.652 bits per heavy atom. The van der Waals surface area contributed by atoms with Crippen LogP contribution in [0.25, 0.3) is 10.9 Å². The summed E-state index contributed by atoms with van der Waals surface area (Å²) >= 11 is 0. The lowest BCUT2D eigenvalue weighted by atomic mass is 9.96. The van der Waals surface area contributed by atoms with Crippen LogP contribution in [0.15, 0.2) is 84.9 Å². The number of rotatable bonds is 2. The predicted octanol–water partition coefficient (Wildman–Crippen LogP) is 5.24. The average Bonchev–Trinajstić information content (AvgIpc) is 2.84. The molecule has 1 aliphatic rings. The van der Waals surface area contributed by atoms with Crippen LogP contribution in [0.4, 0.5) is 0 Å². The number of fused-ring (bicyclic) bond motifs is 1. The van der Waals surface area contributed by atoms with Crippen LogP contribution in [0.2, 0.25) is 0 Å². The van der Waals surface area contributed by atoms with E-state index in [9.17, 15) is 4.57 Å². The lowest BCUT2D eigenvalue weighted by Crippen LogP contribution is -2.03. The Hall–Kier alpha value is -2.37. The Kier molecular flexibility index (Phi) is 3.32. The highest BCUT2D eigenvalue weighted by Crippen LogP contribution is 2.63. The van der Waals surface area contributed by atoms with Gasteiger partial charge >= 0.3 is 0 Å². The zero-order valence-electron chi connectivity index (χ0n) is 12.9. The molecule has 3 aromatic rings. The summed E-state index contributed by atoms with van der Waals surface area (Å²) in [5, 5.41) is 1.95. The molecule has 1 nitrogen and oxygen atoms in total. The topological polar surface area (TPSA) is 17.1 Å². The highest BCUT2D eigenvalue weighted by molar-refractivity contribution is 7.81. The van der Waals surface area contributed by atoms with Gasteiger partial charge in [0.15, 0.2) is 0 Å². The van der Waals surface area contributed by atoms with Crippen molar-refractivity contribution >= 4 is 23.3 Å². The molecule has 112 valence electrons. The number of hydrogen-bond acceptors (Lipinski definition) is 1. The van der Waals surface area contributed by atoms with E-state index in [1.165, 1.54) is 0 Å². The second-order valence-corrected chi connectivity index (χ2v) is 8.67. The molecule has 0 amide bonds. The van der Waals surface area contributed by atoms with Crippen LogP contribution in [0, 0.1) is 0 Å². The van der Waals surface area contributed by atoms with E-state index in [2.05, 4.69) is 30.3 Å². The third-order valence-corrected chi connectivity index (χ3v) is 7.05. The fraction of sp³-hybridized carbons (Fsp3) is 0.0476. The van der Waals surface area contributed by atoms with Gasteiger partial charge in [-0.3, -0.25) is 0 Å². The standard InChI is InChI=1S/C21H17OP/c1-23(22)19-15-9-8-14-18(19)20(16-10-4-2-5-11-16)21(23)17-12-6-3-7-13-17/h2-15H,1H3. The van der Waals surface area contributed by atoms with E-state index in [1.54, 1.807) is 0 Å². The molecule has 0 aromatic heterocycles. The van der Waals surface area contributed by atoms with Crippen molar-refractivity contribution in [1.82, 2.24) is 0 Å². The third-order valence-electron chi connectivity index (χ3n) is 4.41. The summed E-state index contributed by atoms with van der Waals surface area (Å²) in [6.07, 6.45) is 0. The molecular formula is C21H17OP. The van der Waals surface area contributed by atoms with Crippen molar-refractivity contribution < 1.29 is 4.57 Å². The molecule has 2 heteroatoms. The van der Waals surface area contributed by atoms with Crippen LogP contribution < -0.4 is 5.30 Å². The van der Waals surface area contributed by atoms with Crippen molar-refractivity contribution in [2.24, 2.45) is 0 Å². The lowest BCUT2D eigenvalue weighted by molar-refractivity contribution is 0.591. The van der Waals surface area contributed by atoms with Gasteiger partial charge in [0.2, 0.25) is 0 Å². The van der Waals surface area contributed by atoms with Gasteiger partial charge in [-0.15, -0.1) is 0 Å². The molecule has 1 aliphatic heterocycles. The number of benzene rings is 3. The van der Waals surface area contributed by atoms with Crippen molar-refractivity contribution in [3.63, 3.8) is 0 Å². The van der Waals surface area contributed by atoms with Gasteiger partial charge in [-0.25, -0.2) is 0 Å². The van der Waals surface area contributed by atoms with Crippen LogP contribution in [-0.4, -0.2) is 6.66 Å². The zero-order valence-corrected chi connectivity index (χ0v) is 13.8. The molecule has 0 saturated heterocycles. The van der Waals surface area contributed by atoms with Crippen LogP contribution in [0.3, 0.4) is 0 Å². The van der Waals surface area contributed by atoms with Crippen LogP contribution in [-0.2, 0) is 4.57 Å². The van der Waals surface area contributed by atoms with E-state index in [4.69, 9.17) is 0 Å². The SMILES string of the molecule is CP1(=O)C(c2ccccc2)=C(c2ccccc2)c2ccccc21. The summed E-state index contributed by atoms with van der Waals surface area (Å²) in [5.41, 5.74) is 4.38. The molecule has 0 fully saturated rings. The van der Waals surface area contributed by atoms with Crippen molar-refractivity contribution in [1.29, 1.82) is 0 Å². The molecule has 4 rings (SSSR count). The van der Waals surface area contributed by atoms with E-state index in [-0.39, 0.29) is 0 Å². The first-order valence-corrected chi connectivity index (χ1v) is 9.88. The average molecular weight is 316 g/mol. The van der Waals surface area contributed by atoms with Crippen molar-refractivity contribution in [3.8, 4) is 0 Å². The van der Waals surface area contributed by atoms with E-state index >= 15 is 0 Å². The van der Waals surface area contributed by atoms with Crippen molar-refractivity contribution in [2.45, 2.75) is 0 Å². The predicted molar refractivity (Wildman–Crippen MR) is 98.4 cm³/mol. The summed E-state index contributed by atoms with van der Waals surface area (Å²) in [5.74, 6) is 0. The maximum Gasteiger partial charge on any atom is 0.142 e. The van der Waals surface area contributed by atoms with Gasteiger partial charge in [0.25, 0.3) is 0 Å². The molecule has 1 unspecified atom stereocenters. The van der Waals surface area contributed by atoms with Crippen LogP contribution in [0.1, 0.15) is 16.7 Å². The molecule has 0 N–H and O–H groups in total. The molecule has 0 bridgehead atoms. The molecule has 3 aromatic carbocycles. The summed E-state index contributed by atoms with van der Waals surface area (Å²) in [4.78, 5) is 0. The molecule has 1 atom stereocenters. The van der Waals surface area contributed by atoms with E-state index in [1.807, 2.05) is 61.3 Å². The first-order valence-electron chi connectivity index (χ1n) is 7.73. The van der Waals surface area contributed by atoms with Gasteiger partial charge in [0, 0.05) is 16.2 Å². The van der Waals surface area contributed by atoms with Crippen LogP contribution in [0.5, 0.6) is 0 Å². The number of hydrogen-bond donors (Lipinski definition) is 0. The summed E-state index contributed by atoms with van der Waals surface area (Å²) in [6, 6.07) is 28.5. The van der Waals surface area contributed by atoms with Gasteiger partial charge in [0.05, 0.1) is 0 Å². The van der Waals surface area contributed by atoms with Crippen LogP contribution >= 0.6 is 7.14 Å². The molecule has 0 spiro atoms. The van der Waals surface area contributed by atoms with Gasteiger partial charge in [-0.2, -0.15) is 0 Å². The molecule has 0 saturated carbocycles. The Labute approximate surface area is 136 Å². The highest BCUT2D eigenvalue weighted by atomic mass is 31.2. The first kappa shape index (κ1) is 14.2. The summed E-state index contributed by atoms with van der Waals surface area (Å²) in [6.45, 7) is 1.89. The Bertz CT molecular complexity index is 940. The second kappa shape index (κ2) is 5.37. The van der Waals surface area contributed by atoms with Crippen molar-refractivity contribution in [2.75, 3.05) is 6.66 Å². The maximum atomic E-state index is 13.7. The van der Waals surface area contributed by atoms with E-state index in [0.29, 0.717) is 0 Å². The minimum atomic E-state index is -2.61. The van der Waals surface area contributed by atoms with Gasteiger partial charge < -0.3 is 4.57 Å². The molecule has 0 aliphatic carbocycles. The Balaban J connectivity index is 2.11. The highest BCUT2D eigenvalue weighted by Gasteiger charge is 2.37. The van der Waals surface area contributed by atoms with Gasteiger partial charge in [0.1, 0.15) is 7.14 Å². The molecule has 0 radical (unpaired) electrons. The van der Waals surface area contributed by atoms with Gasteiger partial charge in [-0.05, 0) is 23.4 Å². The largest absolute Gasteiger partial charge is 0.314 e. The second-order valence-electron chi connectivity index (χ2n) is 5.90. The normalized spacial score (nSPS) is 19.7. The minimum Gasteiger partial charge on any atom is -0.314 e.